The van der Waals surface area contributed by atoms with Crippen LogP contribution in [0.2, 0.25) is 5.02 Å². The van der Waals surface area contributed by atoms with Crippen LogP contribution in [0.5, 0.6) is 5.75 Å². The number of benzene rings is 2. The first-order valence-corrected chi connectivity index (χ1v) is 6.76. The van der Waals surface area contributed by atoms with Gasteiger partial charge >= 0.3 is 5.97 Å². The summed E-state index contributed by atoms with van der Waals surface area (Å²) in [7, 11) is 1.32. The highest BCUT2D eigenvalue weighted by Gasteiger charge is 2.12. The topological polar surface area (TPSA) is 35.5 Å². The average molecular weight is 303 g/mol. The normalized spacial score (nSPS) is 11.1. The number of ether oxygens (including phenoxy) is 2. The van der Waals surface area contributed by atoms with Crippen LogP contribution in [0.4, 0.5) is 0 Å². The van der Waals surface area contributed by atoms with Gasteiger partial charge in [-0.05, 0) is 42.8 Å². The quantitative estimate of drug-likeness (QED) is 0.481. The van der Waals surface area contributed by atoms with Gasteiger partial charge in [0, 0.05) is 5.02 Å². The minimum Gasteiger partial charge on any atom is -0.463 e. The van der Waals surface area contributed by atoms with Crippen LogP contribution in [-0.2, 0) is 9.53 Å². The van der Waals surface area contributed by atoms with E-state index in [0.29, 0.717) is 10.8 Å². The maximum atomic E-state index is 11.8. The fraction of sp³-hybridized carbons (Fsp3) is 0.118. The molecule has 0 heterocycles. The molecule has 0 unspecified atom stereocenters. The third-order valence-electron chi connectivity index (χ3n) is 2.80. The number of carbonyl (C=O) groups is 1. The van der Waals surface area contributed by atoms with E-state index in [-0.39, 0.29) is 5.76 Å². The van der Waals surface area contributed by atoms with Gasteiger partial charge in [-0.3, -0.25) is 0 Å². The lowest BCUT2D eigenvalue weighted by molar-refractivity contribution is -0.138. The van der Waals surface area contributed by atoms with Crippen LogP contribution in [-0.4, -0.2) is 13.1 Å². The number of aryl methyl sites for hydroxylation is 1. The number of carbonyl (C=O) groups excluding carboxylic acids is 1. The van der Waals surface area contributed by atoms with Crippen molar-refractivity contribution in [2.45, 2.75) is 6.92 Å². The molecule has 2 rings (SSSR count). The number of halogens is 1. The van der Waals surface area contributed by atoms with Crippen LogP contribution in [0.25, 0.3) is 6.08 Å². The summed E-state index contributed by atoms with van der Waals surface area (Å²) in [5, 5.41) is 0.631. The van der Waals surface area contributed by atoms with E-state index in [9.17, 15) is 4.79 Å². The van der Waals surface area contributed by atoms with Crippen LogP contribution in [0.15, 0.2) is 54.3 Å². The summed E-state index contributed by atoms with van der Waals surface area (Å²) >= 11 is 5.84. The Morgan fingerprint density at radius 1 is 1.05 bits per heavy atom. The number of hydrogen-bond acceptors (Lipinski definition) is 3. The van der Waals surface area contributed by atoms with Crippen molar-refractivity contribution in [3.05, 3.63) is 70.4 Å². The van der Waals surface area contributed by atoms with Crippen molar-refractivity contribution in [2.24, 2.45) is 0 Å². The van der Waals surface area contributed by atoms with Gasteiger partial charge in [0.1, 0.15) is 5.75 Å². The number of methoxy groups -OCH3 is 1. The summed E-state index contributed by atoms with van der Waals surface area (Å²) in [5.41, 5.74) is 1.91. The minimum atomic E-state index is -0.537. The third-order valence-corrected chi connectivity index (χ3v) is 3.06. The molecule has 0 amide bonds. The van der Waals surface area contributed by atoms with Crippen LogP contribution in [0.1, 0.15) is 11.1 Å². The smallest absolute Gasteiger partial charge is 0.373 e. The summed E-state index contributed by atoms with van der Waals surface area (Å²) in [6, 6.07) is 14.5. The van der Waals surface area contributed by atoms with Crippen LogP contribution in [0, 0.1) is 6.92 Å². The molecule has 0 saturated heterocycles. The van der Waals surface area contributed by atoms with Crippen molar-refractivity contribution in [1.29, 1.82) is 0 Å². The lowest BCUT2D eigenvalue weighted by atomic mass is 10.2. The monoisotopic (exact) mass is 302 g/mol. The van der Waals surface area contributed by atoms with Crippen molar-refractivity contribution in [3.63, 3.8) is 0 Å². The van der Waals surface area contributed by atoms with E-state index >= 15 is 0 Å². The van der Waals surface area contributed by atoms with Crippen molar-refractivity contribution < 1.29 is 14.3 Å². The number of esters is 1. The Labute approximate surface area is 128 Å². The third kappa shape index (κ3) is 4.36. The summed E-state index contributed by atoms with van der Waals surface area (Å²) in [6.45, 7) is 1.98. The minimum absolute atomic E-state index is 0.115. The highest BCUT2D eigenvalue weighted by Crippen LogP contribution is 2.18. The maximum absolute atomic E-state index is 11.8. The summed E-state index contributed by atoms with van der Waals surface area (Å²) in [6.07, 6.45) is 1.61. The summed E-state index contributed by atoms with van der Waals surface area (Å²) in [4.78, 5) is 11.8. The molecule has 0 saturated carbocycles. The first-order valence-electron chi connectivity index (χ1n) is 6.38. The van der Waals surface area contributed by atoms with Crippen molar-refractivity contribution in [3.8, 4) is 5.75 Å². The van der Waals surface area contributed by atoms with E-state index in [1.807, 2.05) is 19.1 Å². The van der Waals surface area contributed by atoms with E-state index in [4.69, 9.17) is 21.1 Å². The molecule has 0 spiro atoms. The molecule has 0 radical (unpaired) electrons. The molecule has 21 heavy (non-hydrogen) atoms. The van der Waals surface area contributed by atoms with E-state index in [1.165, 1.54) is 7.11 Å². The van der Waals surface area contributed by atoms with Crippen molar-refractivity contribution >= 4 is 23.6 Å². The summed E-state index contributed by atoms with van der Waals surface area (Å²) in [5.74, 6) is 0.153. The Kier molecular flexibility index (Phi) is 5.01. The highest BCUT2D eigenvalue weighted by molar-refractivity contribution is 6.30. The first kappa shape index (κ1) is 15.1. The highest BCUT2D eigenvalue weighted by atomic mass is 35.5. The Hall–Kier alpha value is -2.26. The molecule has 2 aromatic carbocycles. The van der Waals surface area contributed by atoms with Gasteiger partial charge in [-0.15, -0.1) is 0 Å². The first-order chi connectivity index (χ1) is 10.1. The Bertz CT molecular complexity index is 643. The van der Waals surface area contributed by atoms with Gasteiger partial charge in [-0.1, -0.05) is 41.4 Å². The second-order valence-electron chi connectivity index (χ2n) is 4.47. The predicted molar refractivity (Wildman–Crippen MR) is 83.3 cm³/mol. The molecule has 0 aliphatic carbocycles. The van der Waals surface area contributed by atoms with Gasteiger partial charge in [-0.2, -0.15) is 0 Å². The van der Waals surface area contributed by atoms with Crippen LogP contribution >= 0.6 is 11.6 Å². The van der Waals surface area contributed by atoms with Gasteiger partial charge in [0.05, 0.1) is 7.11 Å². The van der Waals surface area contributed by atoms with Gasteiger partial charge < -0.3 is 9.47 Å². The van der Waals surface area contributed by atoms with Gasteiger partial charge in [0.15, 0.2) is 0 Å². The second kappa shape index (κ2) is 6.95. The van der Waals surface area contributed by atoms with Crippen molar-refractivity contribution in [1.82, 2.24) is 0 Å². The molecule has 0 N–H and O–H groups in total. The number of rotatable bonds is 4. The Balaban J connectivity index is 2.27. The molecule has 0 aliphatic rings. The fourth-order valence-corrected chi connectivity index (χ4v) is 1.80. The molecular weight excluding hydrogens is 288 g/mol. The lowest BCUT2D eigenvalue weighted by Crippen LogP contribution is -2.10. The van der Waals surface area contributed by atoms with E-state index in [0.717, 1.165) is 11.1 Å². The molecule has 4 heteroatoms. The zero-order valence-corrected chi connectivity index (χ0v) is 12.6. The van der Waals surface area contributed by atoms with Gasteiger partial charge in [0.2, 0.25) is 5.76 Å². The zero-order valence-electron chi connectivity index (χ0n) is 11.8. The second-order valence-corrected chi connectivity index (χ2v) is 4.90. The van der Waals surface area contributed by atoms with E-state index in [2.05, 4.69) is 0 Å². The molecule has 2 aromatic rings. The molecular formula is C17H15ClO3. The Morgan fingerprint density at radius 3 is 2.24 bits per heavy atom. The molecule has 0 bridgehead atoms. The SMILES string of the molecule is COC(=O)/C(=C/c1ccc(Cl)cc1)Oc1ccc(C)cc1. The largest absolute Gasteiger partial charge is 0.463 e. The lowest BCUT2D eigenvalue weighted by Gasteiger charge is -2.08. The fourth-order valence-electron chi connectivity index (χ4n) is 1.67. The molecule has 108 valence electrons. The maximum Gasteiger partial charge on any atom is 0.373 e. The molecule has 0 aliphatic heterocycles. The van der Waals surface area contributed by atoms with Gasteiger partial charge in [0.25, 0.3) is 0 Å². The summed E-state index contributed by atoms with van der Waals surface area (Å²) < 4.78 is 10.4. The zero-order chi connectivity index (χ0) is 15.2. The van der Waals surface area contributed by atoms with E-state index in [1.54, 1.807) is 42.5 Å². The predicted octanol–water partition coefficient (Wildman–Crippen LogP) is 4.24. The Morgan fingerprint density at radius 2 is 1.67 bits per heavy atom. The van der Waals surface area contributed by atoms with Crippen LogP contribution in [0.3, 0.4) is 0 Å². The molecule has 0 atom stereocenters. The van der Waals surface area contributed by atoms with Crippen molar-refractivity contribution in [2.75, 3.05) is 7.11 Å². The molecule has 0 fully saturated rings. The molecule has 3 nitrogen and oxygen atoms in total. The van der Waals surface area contributed by atoms with Crippen LogP contribution < -0.4 is 4.74 Å². The van der Waals surface area contributed by atoms with Gasteiger partial charge in [-0.25, -0.2) is 4.79 Å². The average Bonchev–Trinajstić information content (AvgIpc) is 2.50. The molecule has 0 aromatic heterocycles. The standard InChI is InChI=1S/C17H15ClO3/c1-12-3-9-15(10-4-12)21-16(17(19)20-2)11-13-5-7-14(18)8-6-13/h3-11H,1-2H3/b16-11-. The number of hydrogen-bond donors (Lipinski definition) is 0. The van der Waals surface area contributed by atoms with E-state index < -0.39 is 5.97 Å².